The van der Waals surface area contributed by atoms with Crippen LogP contribution >= 0.6 is 0 Å². The Labute approximate surface area is 154 Å². The van der Waals surface area contributed by atoms with Gasteiger partial charge in [0.2, 0.25) is 0 Å². The molecule has 0 aliphatic heterocycles. The van der Waals surface area contributed by atoms with Crippen LogP contribution in [0.15, 0.2) is 89.1 Å². The first-order valence-electron chi connectivity index (χ1n) is 8.03. The van der Waals surface area contributed by atoms with Gasteiger partial charge in [-0.05, 0) is 60.7 Å². The van der Waals surface area contributed by atoms with Crippen molar-refractivity contribution in [3.63, 3.8) is 0 Å². The second-order valence-electron chi connectivity index (χ2n) is 5.44. The zero-order valence-corrected chi connectivity index (χ0v) is 14.0. The minimum absolute atomic E-state index is 0.00493. The molecule has 27 heavy (non-hydrogen) atoms. The molecule has 3 rings (SSSR count). The van der Waals surface area contributed by atoms with Crippen LogP contribution in [-0.4, -0.2) is 12.5 Å². The molecule has 0 fully saturated rings. The van der Waals surface area contributed by atoms with E-state index in [1.54, 1.807) is 24.3 Å². The van der Waals surface area contributed by atoms with E-state index in [2.05, 4.69) is 20.3 Å². The van der Waals surface area contributed by atoms with Gasteiger partial charge in [-0.2, -0.15) is 19.0 Å². The molecule has 5 nitrogen and oxygen atoms in total. The van der Waals surface area contributed by atoms with E-state index in [1.807, 2.05) is 30.3 Å². The van der Waals surface area contributed by atoms with Crippen molar-refractivity contribution in [3.05, 3.63) is 84.4 Å². The Morgan fingerprint density at radius 1 is 0.815 bits per heavy atom. The highest BCUT2D eigenvalue weighted by Crippen LogP contribution is 2.21. The molecule has 0 aliphatic carbocycles. The summed E-state index contributed by atoms with van der Waals surface area (Å²) < 4.78 is 28.5. The largest absolute Gasteiger partial charge is 0.435 e. The highest BCUT2D eigenvalue weighted by atomic mass is 19.3. The average molecular weight is 367 g/mol. The lowest BCUT2D eigenvalue weighted by Crippen LogP contribution is -2.11. The summed E-state index contributed by atoms with van der Waals surface area (Å²) in [7, 11) is 0. The van der Waals surface area contributed by atoms with Crippen LogP contribution in [0.25, 0.3) is 0 Å². The summed E-state index contributed by atoms with van der Waals surface area (Å²) in [5.74, 6) is -0.369. The zero-order valence-electron chi connectivity index (χ0n) is 14.0. The fraction of sp³-hybridized carbons (Fsp3) is 0.0500. The van der Waals surface area contributed by atoms with E-state index in [4.69, 9.17) is 0 Å². The van der Waals surface area contributed by atoms with Crippen LogP contribution in [0.3, 0.4) is 0 Å². The predicted octanol–water partition coefficient (Wildman–Crippen LogP) is 5.96. The van der Waals surface area contributed by atoms with Gasteiger partial charge in [0, 0.05) is 11.3 Å². The number of azo groups is 1. The van der Waals surface area contributed by atoms with Crippen molar-refractivity contribution in [2.45, 2.75) is 6.61 Å². The lowest BCUT2D eigenvalue weighted by atomic mass is 10.2. The SMILES string of the molecule is O=C(Nc1ccc(N=Nc2ccccc2)cc1)c1ccc(OC(F)F)cc1. The molecular formula is C20H15F2N3O2. The van der Waals surface area contributed by atoms with Crippen molar-refractivity contribution >= 4 is 23.0 Å². The number of carbonyl (C=O) groups is 1. The van der Waals surface area contributed by atoms with Crippen LogP contribution in [0.4, 0.5) is 25.8 Å². The summed E-state index contributed by atoms with van der Waals surface area (Å²) in [6.07, 6.45) is 0. The van der Waals surface area contributed by atoms with Crippen LogP contribution in [0.1, 0.15) is 10.4 Å². The first kappa shape index (κ1) is 18.2. The molecule has 0 bridgehead atoms. The van der Waals surface area contributed by atoms with E-state index < -0.39 is 6.61 Å². The molecule has 1 N–H and O–H groups in total. The standard InChI is InChI=1S/C20H15F2N3O2/c21-20(22)27-18-12-6-14(7-13-18)19(26)23-15-8-10-17(11-9-15)25-24-16-4-2-1-3-5-16/h1-13,20H,(H,23,26). The number of alkyl halides is 2. The molecule has 136 valence electrons. The minimum Gasteiger partial charge on any atom is -0.435 e. The number of hydrogen-bond acceptors (Lipinski definition) is 4. The van der Waals surface area contributed by atoms with E-state index in [0.717, 1.165) is 5.69 Å². The van der Waals surface area contributed by atoms with Crippen molar-refractivity contribution in [3.8, 4) is 5.75 Å². The Morgan fingerprint density at radius 2 is 1.41 bits per heavy atom. The Morgan fingerprint density at radius 3 is 2.00 bits per heavy atom. The monoisotopic (exact) mass is 367 g/mol. The van der Waals surface area contributed by atoms with Gasteiger partial charge in [-0.3, -0.25) is 4.79 Å². The molecule has 0 saturated carbocycles. The average Bonchev–Trinajstić information content (AvgIpc) is 2.68. The molecule has 0 saturated heterocycles. The molecular weight excluding hydrogens is 352 g/mol. The van der Waals surface area contributed by atoms with Crippen LogP contribution in [0.5, 0.6) is 5.75 Å². The Kier molecular flexibility index (Phi) is 5.84. The number of carbonyl (C=O) groups excluding carboxylic acids is 1. The van der Waals surface area contributed by atoms with Crippen molar-refractivity contribution < 1.29 is 18.3 Å². The summed E-state index contributed by atoms with van der Waals surface area (Å²) in [5.41, 5.74) is 2.29. The smallest absolute Gasteiger partial charge is 0.387 e. The summed E-state index contributed by atoms with van der Waals surface area (Å²) >= 11 is 0. The van der Waals surface area contributed by atoms with E-state index >= 15 is 0 Å². The number of hydrogen-bond donors (Lipinski definition) is 1. The zero-order chi connectivity index (χ0) is 19.1. The van der Waals surface area contributed by atoms with Crippen molar-refractivity contribution in [1.82, 2.24) is 0 Å². The predicted molar refractivity (Wildman–Crippen MR) is 98.1 cm³/mol. The number of nitrogens with one attached hydrogen (secondary N) is 1. The van der Waals surface area contributed by atoms with Crippen LogP contribution in [0, 0.1) is 0 Å². The lowest BCUT2D eigenvalue weighted by Gasteiger charge is -2.07. The van der Waals surface area contributed by atoms with E-state index in [0.29, 0.717) is 16.9 Å². The number of nitrogens with zero attached hydrogens (tertiary/aromatic N) is 2. The third kappa shape index (κ3) is 5.43. The van der Waals surface area contributed by atoms with Gasteiger partial charge in [0.1, 0.15) is 5.75 Å². The molecule has 0 radical (unpaired) electrons. The fourth-order valence-corrected chi connectivity index (χ4v) is 2.21. The van der Waals surface area contributed by atoms with Gasteiger partial charge >= 0.3 is 6.61 Å². The molecule has 7 heteroatoms. The number of rotatable bonds is 6. The molecule has 0 unspecified atom stereocenters. The molecule has 3 aromatic carbocycles. The highest BCUT2D eigenvalue weighted by Gasteiger charge is 2.08. The molecule has 0 atom stereocenters. The molecule has 0 aliphatic rings. The summed E-state index contributed by atoms with van der Waals surface area (Å²) in [4.78, 5) is 12.2. The quantitative estimate of drug-likeness (QED) is 0.547. The minimum atomic E-state index is -2.90. The third-order valence-corrected chi connectivity index (χ3v) is 3.50. The second-order valence-corrected chi connectivity index (χ2v) is 5.44. The van der Waals surface area contributed by atoms with Gasteiger partial charge in [-0.25, -0.2) is 0 Å². The van der Waals surface area contributed by atoms with Crippen LogP contribution < -0.4 is 10.1 Å². The van der Waals surface area contributed by atoms with E-state index in [1.165, 1.54) is 24.3 Å². The maximum atomic E-state index is 12.2. The normalized spacial score (nSPS) is 10.9. The third-order valence-electron chi connectivity index (χ3n) is 3.50. The first-order valence-corrected chi connectivity index (χ1v) is 8.03. The molecule has 3 aromatic rings. The topological polar surface area (TPSA) is 63.0 Å². The van der Waals surface area contributed by atoms with E-state index in [-0.39, 0.29) is 11.7 Å². The molecule has 0 heterocycles. The number of amides is 1. The first-order chi connectivity index (χ1) is 13.1. The van der Waals surface area contributed by atoms with Gasteiger partial charge in [0.05, 0.1) is 11.4 Å². The highest BCUT2D eigenvalue weighted by molar-refractivity contribution is 6.04. The molecule has 0 aromatic heterocycles. The Hall–Kier alpha value is -3.61. The van der Waals surface area contributed by atoms with Crippen molar-refractivity contribution in [2.75, 3.05) is 5.32 Å². The maximum Gasteiger partial charge on any atom is 0.387 e. The Balaban J connectivity index is 1.60. The van der Waals surface area contributed by atoms with Crippen LogP contribution in [-0.2, 0) is 0 Å². The number of halogens is 2. The summed E-state index contributed by atoms with van der Waals surface area (Å²) in [6, 6.07) is 21.6. The summed E-state index contributed by atoms with van der Waals surface area (Å²) in [6.45, 7) is -2.90. The molecule has 1 amide bonds. The summed E-state index contributed by atoms with van der Waals surface area (Å²) in [5, 5.41) is 11.0. The Bertz CT molecular complexity index is 912. The molecule has 0 spiro atoms. The number of ether oxygens (including phenoxy) is 1. The van der Waals surface area contributed by atoms with Crippen LogP contribution in [0.2, 0.25) is 0 Å². The lowest BCUT2D eigenvalue weighted by molar-refractivity contribution is -0.0498. The van der Waals surface area contributed by atoms with Gasteiger partial charge in [0.25, 0.3) is 5.91 Å². The van der Waals surface area contributed by atoms with Crippen molar-refractivity contribution in [1.29, 1.82) is 0 Å². The van der Waals surface area contributed by atoms with Crippen molar-refractivity contribution in [2.24, 2.45) is 10.2 Å². The van der Waals surface area contributed by atoms with E-state index in [9.17, 15) is 13.6 Å². The van der Waals surface area contributed by atoms with Gasteiger partial charge < -0.3 is 10.1 Å². The fourth-order valence-electron chi connectivity index (χ4n) is 2.21. The number of benzene rings is 3. The maximum absolute atomic E-state index is 12.2. The number of anilines is 1. The van der Waals surface area contributed by atoms with Gasteiger partial charge in [-0.15, -0.1) is 0 Å². The second kappa shape index (κ2) is 8.66. The van der Waals surface area contributed by atoms with Gasteiger partial charge in [-0.1, -0.05) is 18.2 Å². The van der Waals surface area contributed by atoms with Gasteiger partial charge in [0.15, 0.2) is 0 Å².